The first-order valence-corrected chi connectivity index (χ1v) is 9.47. The van der Waals surface area contributed by atoms with Crippen LogP contribution in [0.4, 0.5) is 4.39 Å². The van der Waals surface area contributed by atoms with E-state index in [2.05, 4.69) is 41.3 Å². The molecule has 5 rings (SSSR count). The molecule has 2 heterocycles. The van der Waals surface area contributed by atoms with Gasteiger partial charge in [0.25, 0.3) is 0 Å². The summed E-state index contributed by atoms with van der Waals surface area (Å²) in [6.45, 7) is 1.02. The Hall–Kier alpha value is -2.45. The molecule has 2 aliphatic rings. The summed E-state index contributed by atoms with van der Waals surface area (Å²) in [5.74, 6) is -0.130. The largest absolute Gasteiger partial charge is 0.289 e. The molecule has 1 nitrogen and oxygen atoms in total. The summed E-state index contributed by atoms with van der Waals surface area (Å²) in [4.78, 5) is 2.64. The van der Waals surface area contributed by atoms with Gasteiger partial charge in [-0.15, -0.1) is 0 Å². The van der Waals surface area contributed by atoms with Crippen LogP contribution in [0.3, 0.4) is 0 Å². The fourth-order valence-corrected chi connectivity index (χ4v) is 4.70. The number of hydrogen-bond acceptors (Lipinski definition) is 1. The third-order valence-corrected chi connectivity index (χ3v) is 5.96. The van der Waals surface area contributed by atoms with Crippen LogP contribution in [0.2, 0.25) is 0 Å². The van der Waals surface area contributed by atoms with Crippen molar-refractivity contribution in [1.82, 2.24) is 4.90 Å². The van der Waals surface area contributed by atoms with Crippen molar-refractivity contribution in [3.63, 3.8) is 0 Å². The second-order valence-electron chi connectivity index (χ2n) is 7.49. The Balaban J connectivity index is 1.50. The summed E-state index contributed by atoms with van der Waals surface area (Å²) >= 11 is 0. The third-order valence-electron chi connectivity index (χ3n) is 5.96. The van der Waals surface area contributed by atoms with Crippen LogP contribution in [0.15, 0.2) is 72.8 Å². The van der Waals surface area contributed by atoms with E-state index >= 15 is 0 Å². The monoisotopic (exact) mass is 343 g/mol. The number of rotatable bonds is 3. The average molecular weight is 343 g/mol. The first kappa shape index (κ1) is 15.8. The standard InChI is InChI=1S/C24H22FN/c25-24-13-12-21(22-8-4-5-9-23(22)24)18-14-19-10-11-20(15-18)26(19)16-17-6-2-1-3-7-17/h1-9,12-14,19-20H,10-11,15-16H2. The molecule has 26 heavy (non-hydrogen) atoms. The minimum Gasteiger partial charge on any atom is -0.289 e. The Morgan fingerprint density at radius 2 is 1.62 bits per heavy atom. The molecule has 3 aromatic carbocycles. The number of nitrogens with zero attached hydrogens (tertiary/aromatic N) is 1. The number of benzene rings is 3. The molecular formula is C24H22FN. The van der Waals surface area contributed by atoms with Gasteiger partial charge >= 0.3 is 0 Å². The van der Waals surface area contributed by atoms with Crippen LogP contribution in [0.1, 0.15) is 30.4 Å². The summed E-state index contributed by atoms with van der Waals surface area (Å²) < 4.78 is 14.2. The maximum absolute atomic E-state index is 14.2. The van der Waals surface area contributed by atoms with Crippen molar-refractivity contribution >= 4 is 16.3 Å². The van der Waals surface area contributed by atoms with Gasteiger partial charge in [0.1, 0.15) is 5.82 Å². The van der Waals surface area contributed by atoms with E-state index in [4.69, 9.17) is 0 Å². The summed E-state index contributed by atoms with van der Waals surface area (Å²) in [6.07, 6.45) is 5.96. The molecule has 0 spiro atoms. The molecule has 0 saturated carbocycles. The van der Waals surface area contributed by atoms with Crippen molar-refractivity contribution in [2.24, 2.45) is 0 Å². The lowest BCUT2D eigenvalue weighted by molar-refractivity contribution is 0.203. The Kier molecular flexibility index (Phi) is 3.86. The first-order valence-electron chi connectivity index (χ1n) is 9.47. The molecule has 2 atom stereocenters. The van der Waals surface area contributed by atoms with Crippen LogP contribution >= 0.6 is 0 Å². The molecule has 0 radical (unpaired) electrons. The van der Waals surface area contributed by atoms with Crippen molar-refractivity contribution in [1.29, 1.82) is 0 Å². The van der Waals surface area contributed by atoms with Gasteiger partial charge < -0.3 is 0 Å². The van der Waals surface area contributed by atoms with E-state index in [-0.39, 0.29) is 5.82 Å². The predicted molar refractivity (Wildman–Crippen MR) is 105 cm³/mol. The maximum atomic E-state index is 14.2. The molecule has 0 amide bonds. The van der Waals surface area contributed by atoms with Crippen LogP contribution in [-0.2, 0) is 6.54 Å². The van der Waals surface area contributed by atoms with Gasteiger partial charge in [0.15, 0.2) is 0 Å². The molecule has 1 saturated heterocycles. The Morgan fingerprint density at radius 3 is 2.42 bits per heavy atom. The van der Waals surface area contributed by atoms with Crippen LogP contribution in [-0.4, -0.2) is 17.0 Å². The minimum absolute atomic E-state index is 0.130. The zero-order valence-corrected chi connectivity index (χ0v) is 14.7. The molecule has 0 aromatic heterocycles. The van der Waals surface area contributed by atoms with E-state index in [9.17, 15) is 4.39 Å². The Labute approximate surface area is 153 Å². The molecule has 0 N–H and O–H groups in total. The lowest BCUT2D eigenvalue weighted by Gasteiger charge is -2.34. The van der Waals surface area contributed by atoms with E-state index in [0.29, 0.717) is 12.1 Å². The van der Waals surface area contributed by atoms with E-state index in [1.807, 2.05) is 30.3 Å². The number of halogens is 1. The fourth-order valence-electron chi connectivity index (χ4n) is 4.70. The Morgan fingerprint density at radius 1 is 0.846 bits per heavy atom. The molecule has 1 fully saturated rings. The van der Waals surface area contributed by atoms with Crippen molar-refractivity contribution in [3.05, 3.63) is 89.8 Å². The highest BCUT2D eigenvalue weighted by Crippen LogP contribution is 2.41. The van der Waals surface area contributed by atoms with Gasteiger partial charge in [-0.3, -0.25) is 4.90 Å². The molecule has 2 bridgehead atoms. The average Bonchev–Trinajstić information content (AvgIpc) is 2.90. The number of hydrogen-bond donors (Lipinski definition) is 0. The predicted octanol–water partition coefficient (Wildman–Crippen LogP) is 5.80. The van der Waals surface area contributed by atoms with E-state index in [1.165, 1.54) is 29.5 Å². The quantitative estimate of drug-likeness (QED) is 0.581. The molecule has 0 aliphatic carbocycles. The highest BCUT2D eigenvalue weighted by Gasteiger charge is 2.36. The molecule has 2 heteroatoms. The zero-order valence-electron chi connectivity index (χ0n) is 14.7. The summed E-state index contributed by atoms with van der Waals surface area (Å²) in [5, 5.41) is 1.76. The van der Waals surface area contributed by atoms with Crippen LogP contribution in [0.5, 0.6) is 0 Å². The van der Waals surface area contributed by atoms with Crippen molar-refractivity contribution in [3.8, 4) is 0 Å². The summed E-state index contributed by atoms with van der Waals surface area (Å²) in [5.41, 5.74) is 3.98. The Bertz CT molecular complexity index is 976. The first-order chi connectivity index (χ1) is 12.8. The normalized spacial score (nSPS) is 22.6. The smallest absolute Gasteiger partial charge is 0.131 e. The van der Waals surface area contributed by atoms with Crippen LogP contribution in [0, 0.1) is 5.82 Å². The lowest BCUT2D eigenvalue weighted by atomic mass is 9.90. The van der Waals surface area contributed by atoms with Crippen molar-refractivity contribution < 1.29 is 4.39 Å². The van der Waals surface area contributed by atoms with E-state index < -0.39 is 0 Å². The highest BCUT2D eigenvalue weighted by molar-refractivity contribution is 5.94. The fraction of sp³-hybridized carbons (Fsp3) is 0.250. The summed E-state index contributed by atoms with van der Waals surface area (Å²) in [6, 6.07) is 23.3. The van der Waals surface area contributed by atoms with Crippen molar-refractivity contribution in [2.45, 2.75) is 37.9 Å². The van der Waals surface area contributed by atoms with E-state index in [1.54, 1.807) is 6.07 Å². The van der Waals surface area contributed by atoms with Gasteiger partial charge in [-0.05, 0) is 47.4 Å². The molecule has 2 unspecified atom stereocenters. The molecular weight excluding hydrogens is 321 g/mol. The zero-order chi connectivity index (χ0) is 17.5. The SMILES string of the molecule is Fc1ccc(C2=CC3CCC(C2)N3Cc2ccccc2)c2ccccc12. The van der Waals surface area contributed by atoms with Gasteiger partial charge in [-0.25, -0.2) is 4.39 Å². The topological polar surface area (TPSA) is 3.24 Å². The molecule has 2 aliphatic heterocycles. The third kappa shape index (κ3) is 2.65. The second kappa shape index (κ2) is 6.37. The van der Waals surface area contributed by atoms with E-state index in [0.717, 1.165) is 23.7 Å². The maximum Gasteiger partial charge on any atom is 0.131 e. The number of fused-ring (bicyclic) bond motifs is 3. The second-order valence-corrected chi connectivity index (χ2v) is 7.49. The molecule has 130 valence electrons. The van der Waals surface area contributed by atoms with Gasteiger partial charge in [0.2, 0.25) is 0 Å². The van der Waals surface area contributed by atoms with Gasteiger partial charge in [0, 0.05) is 24.0 Å². The van der Waals surface area contributed by atoms with Crippen LogP contribution < -0.4 is 0 Å². The summed E-state index contributed by atoms with van der Waals surface area (Å²) in [7, 11) is 0. The highest BCUT2D eigenvalue weighted by atomic mass is 19.1. The molecule has 3 aromatic rings. The minimum atomic E-state index is -0.130. The van der Waals surface area contributed by atoms with Crippen LogP contribution in [0.25, 0.3) is 16.3 Å². The van der Waals surface area contributed by atoms with Gasteiger partial charge in [-0.2, -0.15) is 0 Å². The van der Waals surface area contributed by atoms with Gasteiger partial charge in [-0.1, -0.05) is 66.7 Å². The van der Waals surface area contributed by atoms with Gasteiger partial charge in [0.05, 0.1) is 0 Å². The van der Waals surface area contributed by atoms with Crippen molar-refractivity contribution in [2.75, 3.05) is 0 Å². The lowest BCUT2D eigenvalue weighted by Crippen LogP contribution is -2.37.